The molecule has 1 aliphatic carbocycles. The minimum absolute atomic E-state index is 0.784. The van der Waals surface area contributed by atoms with Gasteiger partial charge in [-0.05, 0) is 36.6 Å². The number of hydrogen-bond acceptors (Lipinski definition) is 1. The van der Waals surface area contributed by atoms with Crippen LogP contribution < -0.4 is 5.32 Å². The van der Waals surface area contributed by atoms with Gasteiger partial charge in [0.25, 0.3) is 0 Å². The number of hydrogen-bond donors (Lipinski definition) is 1. The lowest BCUT2D eigenvalue weighted by molar-refractivity contribution is 0.477. The molecule has 0 heterocycles. The van der Waals surface area contributed by atoms with Gasteiger partial charge in [0.2, 0.25) is 0 Å². The summed E-state index contributed by atoms with van der Waals surface area (Å²) in [5.41, 5.74) is 1.28. The van der Waals surface area contributed by atoms with E-state index in [2.05, 4.69) is 27.3 Å². The summed E-state index contributed by atoms with van der Waals surface area (Å²) < 4.78 is 1.10. The Bertz CT molecular complexity index is 361. The molecule has 1 aromatic rings. The number of nitrogens with one attached hydrogen (secondary N) is 1. The highest BCUT2D eigenvalue weighted by molar-refractivity contribution is 9.10. The van der Waals surface area contributed by atoms with Crippen LogP contribution in [0.1, 0.15) is 37.7 Å². The molecule has 1 N–H and O–H groups in total. The molecule has 17 heavy (non-hydrogen) atoms. The zero-order valence-electron chi connectivity index (χ0n) is 10.0. The van der Waals surface area contributed by atoms with Crippen LogP contribution in [0, 0.1) is 5.92 Å². The topological polar surface area (TPSA) is 12.0 Å². The first kappa shape index (κ1) is 13.4. The highest BCUT2D eigenvalue weighted by Crippen LogP contribution is 2.27. The Balaban J connectivity index is 1.70. The Labute approximate surface area is 117 Å². The predicted molar refractivity (Wildman–Crippen MR) is 77.4 cm³/mol. The molecule has 0 bridgehead atoms. The molecule has 2 rings (SSSR count). The van der Waals surface area contributed by atoms with Gasteiger partial charge in [-0.15, -0.1) is 0 Å². The average Bonchev–Trinajstić information content (AvgIpc) is 2.79. The Morgan fingerprint density at radius 1 is 1.29 bits per heavy atom. The first-order chi connectivity index (χ1) is 8.25. The summed E-state index contributed by atoms with van der Waals surface area (Å²) >= 11 is 9.45. The normalized spacial score (nSPS) is 16.6. The summed E-state index contributed by atoms with van der Waals surface area (Å²) in [6.45, 7) is 2.05. The van der Waals surface area contributed by atoms with Gasteiger partial charge in [0, 0.05) is 16.0 Å². The molecule has 1 saturated carbocycles. The molecule has 1 fully saturated rings. The van der Waals surface area contributed by atoms with Crippen molar-refractivity contribution in [2.45, 2.75) is 38.6 Å². The lowest BCUT2D eigenvalue weighted by Gasteiger charge is -2.10. The first-order valence-electron chi connectivity index (χ1n) is 6.40. The fraction of sp³-hybridized carbons (Fsp3) is 0.571. The molecule has 0 aliphatic heterocycles. The maximum atomic E-state index is 5.91. The second kappa shape index (κ2) is 6.77. The molecule has 1 nitrogen and oxygen atoms in total. The van der Waals surface area contributed by atoms with Gasteiger partial charge >= 0.3 is 0 Å². The summed E-state index contributed by atoms with van der Waals surface area (Å²) in [7, 11) is 0. The predicted octanol–water partition coefficient (Wildman–Crippen LogP) is 4.77. The van der Waals surface area contributed by atoms with Crippen LogP contribution in [0.5, 0.6) is 0 Å². The van der Waals surface area contributed by atoms with Crippen LogP contribution >= 0.6 is 27.5 Å². The highest BCUT2D eigenvalue weighted by atomic mass is 79.9. The van der Waals surface area contributed by atoms with E-state index >= 15 is 0 Å². The van der Waals surface area contributed by atoms with Crippen LogP contribution in [0.4, 0.5) is 0 Å². The lowest BCUT2D eigenvalue weighted by Crippen LogP contribution is -2.17. The third kappa shape index (κ3) is 4.27. The second-order valence-corrected chi connectivity index (χ2v) is 6.14. The van der Waals surface area contributed by atoms with E-state index in [4.69, 9.17) is 11.6 Å². The minimum Gasteiger partial charge on any atom is -0.313 e. The van der Waals surface area contributed by atoms with E-state index in [1.54, 1.807) is 0 Å². The van der Waals surface area contributed by atoms with E-state index in [1.165, 1.54) is 37.7 Å². The van der Waals surface area contributed by atoms with Crippen LogP contribution in [0.2, 0.25) is 5.02 Å². The van der Waals surface area contributed by atoms with Crippen molar-refractivity contribution in [3.8, 4) is 0 Å². The van der Waals surface area contributed by atoms with E-state index < -0.39 is 0 Å². The maximum Gasteiger partial charge on any atom is 0.0417 e. The summed E-state index contributed by atoms with van der Waals surface area (Å²) in [5.74, 6) is 0.969. The molecule has 94 valence electrons. The van der Waals surface area contributed by atoms with Gasteiger partial charge in [-0.1, -0.05) is 59.3 Å². The molecule has 0 aromatic heterocycles. The molecular weight excluding hydrogens is 298 g/mol. The second-order valence-electron chi connectivity index (χ2n) is 4.85. The third-order valence-corrected chi connectivity index (χ3v) is 4.51. The monoisotopic (exact) mass is 315 g/mol. The van der Waals surface area contributed by atoms with Crippen molar-refractivity contribution in [1.82, 2.24) is 5.32 Å². The zero-order chi connectivity index (χ0) is 12.1. The Morgan fingerprint density at radius 2 is 2.06 bits per heavy atom. The van der Waals surface area contributed by atoms with Gasteiger partial charge in [-0.25, -0.2) is 0 Å². The van der Waals surface area contributed by atoms with Gasteiger partial charge in [-0.2, -0.15) is 0 Å². The molecule has 0 saturated heterocycles. The van der Waals surface area contributed by atoms with E-state index in [9.17, 15) is 0 Å². The Kier molecular flexibility index (Phi) is 5.33. The fourth-order valence-electron chi connectivity index (χ4n) is 2.49. The van der Waals surface area contributed by atoms with Gasteiger partial charge < -0.3 is 5.32 Å². The molecular formula is C14H19BrClN. The largest absolute Gasteiger partial charge is 0.313 e. The van der Waals surface area contributed by atoms with Crippen LogP contribution in [-0.4, -0.2) is 6.54 Å². The SMILES string of the molecule is Clc1ccc(CNCCC2CCCC2)c(Br)c1. The van der Waals surface area contributed by atoms with Gasteiger partial charge in [-0.3, -0.25) is 0 Å². The van der Waals surface area contributed by atoms with Crippen LogP contribution in [0.15, 0.2) is 22.7 Å². The zero-order valence-corrected chi connectivity index (χ0v) is 12.4. The molecule has 0 amide bonds. The van der Waals surface area contributed by atoms with E-state index in [0.29, 0.717) is 0 Å². The lowest BCUT2D eigenvalue weighted by atomic mass is 10.0. The first-order valence-corrected chi connectivity index (χ1v) is 7.57. The van der Waals surface area contributed by atoms with Crippen molar-refractivity contribution >= 4 is 27.5 Å². The average molecular weight is 317 g/mol. The van der Waals surface area contributed by atoms with Gasteiger partial charge in [0.1, 0.15) is 0 Å². The minimum atomic E-state index is 0.784. The summed E-state index contributed by atoms with van der Waals surface area (Å²) in [4.78, 5) is 0. The van der Waals surface area contributed by atoms with Gasteiger partial charge in [0.05, 0.1) is 0 Å². The van der Waals surface area contributed by atoms with Crippen molar-refractivity contribution in [2.24, 2.45) is 5.92 Å². The number of benzene rings is 1. The third-order valence-electron chi connectivity index (χ3n) is 3.53. The summed E-state index contributed by atoms with van der Waals surface area (Å²) in [5, 5.41) is 4.30. The van der Waals surface area contributed by atoms with E-state index in [-0.39, 0.29) is 0 Å². The molecule has 0 spiro atoms. The van der Waals surface area contributed by atoms with E-state index in [1.807, 2.05) is 12.1 Å². The molecule has 0 atom stereocenters. The summed E-state index contributed by atoms with van der Waals surface area (Å²) in [6, 6.07) is 5.98. The van der Waals surface area contributed by atoms with Crippen molar-refractivity contribution < 1.29 is 0 Å². The van der Waals surface area contributed by atoms with Crippen molar-refractivity contribution in [3.63, 3.8) is 0 Å². The molecule has 0 unspecified atom stereocenters. The standard InChI is InChI=1S/C14H19BrClN/c15-14-9-13(16)6-5-12(14)10-17-8-7-11-3-1-2-4-11/h5-6,9,11,17H,1-4,7-8,10H2. The highest BCUT2D eigenvalue weighted by Gasteiger charge is 2.13. The molecule has 1 aromatic carbocycles. The van der Waals surface area contributed by atoms with E-state index in [0.717, 1.165) is 28.5 Å². The van der Waals surface area contributed by atoms with Crippen molar-refractivity contribution in [1.29, 1.82) is 0 Å². The van der Waals surface area contributed by atoms with Crippen LogP contribution in [0.3, 0.4) is 0 Å². The number of rotatable bonds is 5. The van der Waals surface area contributed by atoms with Crippen molar-refractivity contribution in [3.05, 3.63) is 33.3 Å². The quantitative estimate of drug-likeness (QED) is 0.771. The summed E-state index contributed by atoms with van der Waals surface area (Å²) in [6.07, 6.45) is 7.07. The Hall–Kier alpha value is -0.0500. The van der Waals surface area contributed by atoms with Crippen LogP contribution in [-0.2, 0) is 6.54 Å². The van der Waals surface area contributed by atoms with Crippen LogP contribution in [0.25, 0.3) is 0 Å². The van der Waals surface area contributed by atoms with Crippen molar-refractivity contribution in [2.75, 3.05) is 6.54 Å². The number of halogens is 2. The smallest absolute Gasteiger partial charge is 0.0417 e. The fourth-order valence-corrected chi connectivity index (χ4v) is 3.32. The Morgan fingerprint density at radius 3 is 2.76 bits per heavy atom. The molecule has 1 aliphatic rings. The van der Waals surface area contributed by atoms with Gasteiger partial charge in [0.15, 0.2) is 0 Å². The molecule has 3 heteroatoms. The maximum absolute atomic E-state index is 5.91. The molecule has 0 radical (unpaired) electrons.